The third-order valence-electron chi connectivity index (χ3n) is 1.94. The Morgan fingerprint density at radius 3 is 2.73 bits per heavy atom. The summed E-state index contributed by atoms with van der Waals surface area (Å²) in [7, 11) is 0. The lowest BCUT2D eigenvalue weighted by Crippen LogP contribution is -2.38. The average molecular weight is 173 g/mol. The van der Waals surface area contributed by atoms with Crippen molar-refractivity contribution < 1.29 is 9.90 Å². The molecule has 11 heavy (non-hydrogen) atoms. The summed E-state index contributed by atoms with van der Waals surface area (Å²) in [6, 6.07) is -0.368. The van der Waals surface area contributed by atoms with Gasteiger partial charge in [0.25, 0.3) is 0 Å². The van der Waals surface area contributed by atoms with Gasteiger partial charge in [-0.15, -0.1) is 0 Å². The molecule has 0 aromatic carbocycles. The van der Waals surface area contributed by atoms with E-state index in [1.807, 2.05) is 0 Å². The van der Waals surface area contributed by atoms with Crippen LogP contribution in [0, 0.1) is 0 Å². The molecule has 0 radical (unpaired) electrons. The average Bonchev–Trinajstić information content (AvgIpc) is 2.32. The van der Waals surface area contributed by atoms with Crippen LogP contribution in [0.4, 0.5) is 0 Å². The SMILES string of the molecule is CC(=S)N1CCC[C@H]1C(=O)O. The van der Waals surface area contributed by atoms with E-state index in [0.29, 0.717) is 4.99 Å². The molecule has 1 saturated heterocycles. The molecule has 62 valence electrons. The second kappa shape index (κ2) is 3.17. The van der Waals surface area contributed by atoms with Gasteiger partial charge in [0.1, 0.15) is 6.04 Å². The van der Waals surface area contributed by atoms with Crippen LogP contribution in [0.15, 0.2) is 0 Å². The Hall–Kier alpha value is -0.640. The molecule has 1 fully saturated rings. The molecule has 1 N–H and O–H groups in total. The van der Waals surface area contributed by atoms with Crippen LogP contribution in [-0.2, 0) is 4.79 Å². The summed E-state index contributed by atoms with van der Waals surface area (Å²) in [6.07, 6.45) is 1.66. The fourth-order valence-electron chi connectivity index (χ4n) is 1.40. The van der Waals surface area contributed by atoms with E-state index >= 15 is 0 Å². The highest BCUT2D eigenvalue weighted by molar-refractivity contribution is 7.80. The fraction of sp³-hybridized carbons (Fsp3) is 0.714. The van der Waals surface area contributed by atoms with E-state index in [1.165, 1.54) is 0 Å². The molecule has 0 spiro atoms. The van der Waals surface area contributed by atoms with Crippen LogP contribution in [0.2, 0.25) is 0 Å². The van der Waals surface area contributed by atoms with Gasteiger partial charge in [0.05, 0.1) is 4.99 Å². The maximum Gasteiger partial charge on any atom is 0.326 e. The van der Waals surface area contributed by atoms with Crippen molar-refractivity contribution in [2.75, 3.05) is 6.54 Å². The van der Waals surface area contributed by atoms with Crippen LogP contribution in [0.1, 0.15) is 19.8 Å². The Bertz CT molecular complexity index is 173. The monoisotopic (exact) mass is 173 g/mol. The maximum atomic E-state index is 10.6. The predicted octanol–water partition coefficient (Wildman–Crippen LogP) is 0.883. The van der Waals surface area contributed by atoms with E-state index in [0.717, 1.165) is 19.4 Å². The van der Waals surface area contributed by atoms with Crippen molar-refractivity contribution in [2.24, 2.45) is 0 Å². The summed E-state index contributed by atoms with van der Waals surface area (Å²) in [4.78, 5) is 13.1. The van der Waals surface area contributed by atoms with Gasteiger partial charge >= 0.3 is 5.97 Å². The van der Waals surface area contributed by atoms with Crippen molar-refractivity contribution in [2.45, 2.75) is 25.8 Å². The third-order valence-corrected chi connectivity index (χ3v) is 2.18. The molecule has 3 nitrogen and oxygen atoms in total. The van der Waals surface area contributed by atoms with Gasteiger partial charge in [-0.2, -0.15) is 0 Å². The maximum absolute atomic E-state index is 10.6. The number of carbonyl (C=O) groups is 1. The van der Waals surface area contributed by atoms with Gasteiger partial charge in [0.15, 0.2) is 0 Å². The lowest BCUT2D eigenvalue weighted by Gasteiger charge is -2.21. The molecule has 1 atom stereocenters. The molecular weight excluding hydrogens is 162 g/mol. The van der Waals surface area contributed by atoms with Crippen LogP contribution in [0.5, 0.6) is 0 Å². The molecule has 0 bridgehead atoms. The van der Waals surface area contributed by atoms with E-state index in [-0.39, 0.29) is 6.04 Å². The number of rotatable bonds is 1. The van der Waals surface area contributed by atoms with Gasteiger partial charge in [0.2, 0.25) is 0 Å². The highest BCUT2D eigenvalue weighted by Gasteiger charge is 2.30. The van der Waals surface area contributed by atoms with Crippen LogP contribution in [0.3, 0.4) is 0 Å². The Morgan fingerprint density at radius 1 is 1.73 bits per heavy atom. The molecule has 1 heterocycles. The highest BCUT2D eigenvalue weighted by Crippen LogP contribution is 2.17. The minimum absolute atomic E-state index is 0.368. The van der Waals surface area contributed by atoms with Crippen molar-refractivity contribution in [3.63, 3.8) is 0 Å². The first-order valence-electron chi connectivity index (χ1n) is 3.63. The van der Waals surface area contributed by atoms with Crippen molar-refractivity contribution in [1.82, 2.24) is 4.90 Å². The minimum Gasteiger partial charge on any atom is -0.480 e. The smallest absolute Gasteiger partial charge is 0.326 e. The summed E-state index contributed by atoms with van der Waals surface area (Å²) >= 11 is 4.91. The zero-order valence-electron chi connectivity index (χ0n) is 6.41. The van der Waals surface area contributed by atoms with Gasteiger partial charge in [-0.05, 0) is 19.8 Å². The Kier molecular flexibility index (Phi) is 2.44. The summed E-state index contributed by atoms with van der Waals surface area (Å²) < 4.78 is 0. The van der Waals surface area contributed by atoms with E-state index < -0.39 is 5.97 Å². The van der Waals surface area contributed by atoms with Gasteiger partial charge in [-0.3, -0.25) is 0 Å². The topological polar surface area (TPSA) is 40.5 Å². The Morgan fingerprint density at radius 2 is 2.36 bits per heavy atom. The van der Waals surface area contributed by atoms with Gasteiger partial charge in [-0.25, -0.2) is 4.79 Å². The van der Waals surface area contributed by atoms with E-state index in [1.54, 1.807) is 11.8 Å². The number of hydrogen-bond acceptors (Lipinski definition) is 2. The first-order chi connectivity index (χ1) is 5.13. The van der Waals surface area contributed by atoms with Gasteiger partial charge in [-0.1, -0.05) is 12.2 Å². The first kappa shape index (κ1) is 8.46. The van der Waals surface area contributed by atoms with E-state index in [2.05, 4.69) is 0 Å². The standard InChI is InChI=1S/C7H11NO2S/c1-5(11)8-4-2-3-6(8)7(9)10/h6H,2-4H2,1H3,(H,9,10)/t6-/m0/s1. The molecule has 1 rings (SSSR count). The fourth-order valence-corrected chi connectivity index (χ4v) is 1.62. The second-order valence-electron chi connectivity index (χ2n) is 2.71. The molecule has 0 aromatic heterocycles. The lowest BCUT2D eigenvalue weighted by atomic mass is 10.2. The minimum atomic E-state index is -0.758. The zero-order valence-corrected chi connectivity index (χ0v) is 7.23. The molecule has 0 aromatic rings. The summed E-state index contributed by atoms with van der Waals surface area (Å²) in [5, 5.41) is 8.73. The predicted molar refractivity (Wildman–Crippen MR) is 45.6 cm³/mol. The zero-order chi connectivity index (χ0) is 8.43. The number of thiocarbonyl (C=S) groups is 1. The van der Waals surface area contributed by atoms with Crippen LogP contribution < -0.4 is 0 Å². The molecular formula is C7H11NO2S. The van der Waals surface area contributed by atoms with Crippen molar-refractivity contribution in [3.8, 4) is 0 Å². The number of carboxylic acids is 1. The largest absolute Gasteiger partial charge is 0.480 e. The molecule has 0 aliphatic carbocycles. The number of likely N-dealkylation sites (tertiary alicyclic amines) is 1. The van der Waals surface area contributed by atoms with Gasteiger partial charge in [0, 0.05) is 6.54 Å². The Balaban J connectivity index is 2.65. The molecule has 4 heteroatoms. The molecule has 0 amide bonds. The quantitative estimate of drug-likeness (QED) is 0.598. The van der Waals surface area contributed by atoms with Gasteiger partial charge < -0.3 is 10.0 Å². The normalized spacial score (nSPS) is 23.7. The van der Waals surface area contributed by atoms with Crippen LogP contribution >= 0.6 is 12.2 Å². The van der Waals surface area contributed by atoms with E-state index in [9.17, 15) is 4.79 Å². The number of nitrogens with zero attached hydrogens (tertiary/aromatic N) is 1. The van der Waals surface area contributed by atoms with Crippen molar-refractivity contribution >= 4 is 23.2 Å². The van der Waals surface area contributed by atoms with Crippen LogP contribution in [0.25, 0.3) is 0 Å². The summed E-state index contributed by atoms with van der Waals surface area (Å²) in [5.74, 6) is -0.758. The molecule has 0 unspecified atom stereocenters. The molecule has 1 aliphatic heterocycles. The number of aliphatic carboxylic acids is 1. The summed E-state index contributed by atoms with van der Waals surface area (Å²) in [5.41, 5.74) is 0. The first-order valence-corrected chi connectivity index (χ1v) is 4.04. The lowest BCUT2D eigenvalue weighted by molar-refractivity contribution is -0.140. The van der Waals surface area contributed by atoms with Crippen LogP contribution in [-0.4, -0.2) is 33.6 Å². The molecule has 0 saturated carbocycles. The van der Waals surface area contributed by atoms with Crippen molar-refractivity contribution in [1.29, 1.82) is 0 Å². The number of carboxylic acid groups (broad SMARTS) is 1. The molecule has 1 aliphatic rings. The van der Waals surface area contributed by atoms with Crippen molar-refractivity contribution in [3.05, 3.63) is 0 Å². The number of hydrogen-bond donors (Lipinski definition) is 1. The van der Waals surface area contributed by atoms with E-state index in [4.69, 9.17) is 17.3 Å². The summed E-state index contributed by atoms with van der Waals surface area (Å²) in [6.45, 7) is 2.57. The highest BCUT2D eigenvalue weighted by atomic mass is 32.1. The second-order valence-corrected chi connectivity index (χ2v) is 3.30. The Labute approximate surface area is 71.0 Å². The third kappa shape index (κ3) is 1.68.